The van der Waals surface area contributed by atoms with Crippen LogP contribution >= 0.6 is 0 Å². The van der Waals surface area contributed by atoms with Crippen LogP contribution in [0.4, 0.5) is 4.39 Å². The van der Waals surface area contributed by atoms with Gasteiger partial charge in [-0.1, -0.05) is 50.0 Å². The Balaban J connectivity index is 1.92. The fourth-order valence-corrected chi connectivity index (χ4v) is 4.86. The summed E-state index contributed by atoms with van der Waals surface area (Å²) in [4.78, 5) is 25.8. The van der Waals surface area contributed by atoms with Crippen molar-refractivity contribution < 1.29 is 23.7 Å². The molecule has 2 saturated heterocycles. The SMILES string of the molecule is CCCC1(CCC)O[C@@H]2[C@H](O1)[C@@H](CO)O[C@H]2n1cc(F)c(=O)n(CC=C(C)CCC=C(C)C)c1=O. The summed E-state index contributed by atoms with van der Waals surface area (Å²) >= 11 is 0. The van der Waals surface area contributed by atoms with Crippen LogP contribution in [-0.4, -0.2) is 44.9 Å². The second-order valence-electron chi connectivity index (χ2n) is 9.78. The van der Waals surface area contributed by atoms with Crippen LogP contribution in [0.5, 0.6) is 0 Å². The number of aliphatic hydroxyl groups is 1. The third-order valence-electron chi connectivity index (χ3n) is 6.57. The van der Waals surface area contributed by atoms with Crippen molar-refractivity contribution in [2.45, 2.75) is 110 Å². The first kappa shape index (κ1) is 27.5. The van der Waals surface area contributed by atoms with E-state index >= 15 is 0 Å². The average Bonchev–Trinajstić information content (AvgIpc) is 3.32. The fourth-order valence-electron chi connectivity index (χ4n) is 4.86. The number of nitrogens with zero attached hydrogens (tertiary/aromatic N) is 2. The smallest absolute Gasteiger partial charge is 0.333 e. The summed E-state index contributed by atoms with van der Waals surface area (Å²) in [5.41, 5.74) is 0.540. The summed E-state index contributed by atoms with van der Waals surface area (Å²) in [5, 5.41) is 9.89. The van der Waals surface area contributed by atoms with E-state index < -0.39 is 47.4 Å². The molecular weight excluding hydrogens is 455 g/mol. The quantitative estimate of drug-likeness (QED) is 0.471. The molecular formula is C26H39FN2O6. The molecule has 0 aromatic carbocycles. The number of fused-ring (bicyclic) bond motifs is 1. The van der Waals surface area contributed by atoms with Gasteiger partial charge in [0.2, 0.25) is 5.82 Å². The Morgan fingerprint density at radius 3 is 2.37 bits per heavy atom. The van der Waals surface area contributed by atoms with Gasteiger partial charge in [0, 0.05) is 19.4 Å². The van der Waals surface area contributed by atoms with Crippen molar-refractivity contribution in [2.75, 3.05) is 6.61 Å². The van der Waals surface area contributed by atoms with Gasteiger partial charge in [0.25, 0.3) is 5.56 Å². The molecule has 0 amide bonds. The molecule has 9 heteroatoms. The number of hydrogen-bond acceptors (Lipinski definition) is 6. The summed E-state index contributed by atoms with van der Waals surface area (Å²) in [5.74, 6) is -1.89. The molecule has 0 unspecified atom stereocenters. The van der Waals surface area contributed by atoms with Crippen molar-refractivity contribution in [3.05, 3.63) is 56.2 Å². The van der Waals surface area contributed by atoms with Gasteiger partial charge in [0.05, 0.1) is 12.8 Å². The molecule has 0 aliphatic carbocycles. The van der Waals surface area contributed by atoms with E-state index in [9.17, 15) is 19.1 Å². The second kappa shape index (κ2) is 11.8. The summed E-state index contributed by atoms with van der Waals surface area (Å²) in [6, 6.07) is 0. The van der Waals surface area contributed by atoms with Crippen LogP contribution in [0.25, 0.3) is 0 Å². The highest BCUT2D eigenvalue weighted by molar-refractivity contribution is 5.05. The van der Waals surface area contributed by atoms with Crippen LogP contribution in [0, 0.1) is 5.82 Å². The molecule has 0 radical (unpaired) electrons. The van der Waals surface area contributed by atoms with Crippen LogP contribution in [-0.2, 0) is 20.8 Å². The topological polar surface area (TPSA) is 91.9 Å². The predicted molar refractivity (Wildman–Crippen MR) is 131 cm³/mol. The number of halogens is 1. The molecule has 1 N–H and O–H groups in total. The molecule has 1 aromatic heterocycles. The van der Waals surface area contributed by atoms with Gasteiger partial charge in [-0.15, -0.1) is 0 Å². The van der Waals surface area contributed by atoms with E-state index in [0.29, 0.717) is 12.8 Å². The van der Waals surface area contributed by atoms with Crippen LogP contribution in [0.15, 0.2) is 39.1 Å². The Morgan fingerprint density at radius 1 is 1.11 bits per heavy atom. The van der Waals surface area contributed by atoms with Crippen LogP contribution in [0.1, 0.15) is 79.4 Å². The molecule has 4 atom stereocenters. The maximum Gasteiger partial charge on any atom is 0.333 e. The van der Waals surface area contributed by atoms with E-state index in [0.717, 1.165) is 46.6 Å². The summed E-state index contributed by atoms with van der Waals surface area (Å²) in [7, 11) is 0. The Morgan fingerprint density at radius 2 is 1.77 bits per heavy atom. The monoisotopic (exact) mass is 494 g/mol. The maximum atomic E-state index is 14.7. The van der Waals surface area contributed by atoms with Gasteiger partial charge in [0.15, 0.2) is 12.0 Å². The van der Waals surface area contributed by atoms with Gasteiger partial charge in [-0.3, -0.25) is 13.9 Å². The highest BCUT2D eigenvalue weighted by Gasteiger charge is 2.58. The molecule has 35 heavy (non-hydrogen) atoms. The first-order valence-corrected chi connectivity index (χ1v) is 12.6. The van der Waals surface area contributed by atoms with Gasteiger partial charge in [0.1, 0.15) is 18.3 Å². The molecule has 196 valence electrons. The largest absolute Gasteiger partial charge is 0.394 e. The molecule has 8 nitrogen and oxygen atoms in total. The Labute approximate surface area is 206 Å². The highest BCUT2D eigenvalue weighted by Crippen LogP contribution is 2.46. The zero-order valence-corrected chi connectivity index (χ0v) is 21.5. The molecule has 2 fully saturated rings. The summed E-state index contributed by atoms with van der Waals surface area (Å²) in [6.07, 6.45) is 6.27. The zero-order chi connectivity index (χ0) is 25.8. The fraction of sp³-hybridized carbons (Fsp3) is 0.692. The minimum Gasteiger partial charge on any atom is -0.394 e. The number of ether oxygens (including phenoxy) is 3. The Hall–Kier alpha value is -2.07. The van der Waals surface area contributed by atoms with Crippen LogP contribution < -0.4 is 11.2 Å². The lowest BCUT2D eigenvalue weighted by Gasteiger charge is -2.31. The zero-order valence-electron chi connectivity index (χ0n) is 21.5. The van der Waals surface area contributed by atoms with Gasteiger partial charge in [-0.25, -0.2) is 4.79 Å². The molecule has 0 spiro atoms. The van der Waals surface area contributed by atoms with E-state index in [-0.39, 0.29) is 13.2 Å². The second-order valence-corrected chi connectivity index (χ2v) is 9.78. The van der Waals surface area contributed by atoms with Crippen molar-refractivity contribution in [3.8, 4) is 0 Å². The molecule has 2 aliphatic heterocycles. The minimum absolute atomic E-state index is 0.0483. The van der Waals surface area contributed by atoms with E-state index in [4.69, 9.17) is 14.2 Å². The predicted octanol–water partition coefficient (Wildman–Crippen LogP) is 3.81. The van der Waals surface area contributed by atoms with Crippen molar-refractivity contribution in [1.29, 1.82) is 0 Å². The van der Waals surface area contributed by atoms with Crippen molar-refractivity contribution in [1.82, 2.24) is 9.13 Å². The molecule has 2 aliphatic rings. The lowest BCUT2D eigenvalue weighted by molar-refractivity contribution is -0.227. The van der Waals surface area contributed by atoms with E-state index in [1.54, 1.807) is 6.08 Å². The van der Waals surface area contributed by atoms with E-state index in [2.05, 4.69) is 6.08 Å². The van der Waals surface area contributed by atoms with Gasteiger partial charge < -0.3 is 19.3 Å². The third kappa shape index (κ3) is 6.02. The van der Waals surface area contributed by atoms with Gasteiger partial charge >= 0.3 is 5.69 Å². The molecule has 0 saturated carbocycles. The Kier molecular flexibility index (Phi) is 9.26. The third-order valence-corrected chi connectivity index (χ3v) is 6.57. The first-order chi connectivity index (χ1) is 16.7. The number of hydrogen-bond donors (Lipinski definition) is 1. The van der Waals surface area contributed by atoms with Gasteiger partial charge in [-0.2, -0.15) is 4.39 Å². The summed E-state index contributed by atoms with van der Waals surface area (Å²) < 4.78 is 35.1. The number of aromatic nitrogens is 2. The molecule has 3 heterocycles. The maximum absolute atomic E-state index is 14.7. The molecule has 1 aromatic rings. The van der Waals surface area contributed by atoms with Crippen molar-refractivity contribution >= 4 is 0 Å². The van der Waals surface area contributed by atoms with Crippen molar-refractivity contribution in [3.63, 3.8) is 0 Å². The lowest BCUT2D eigenvalue weighted by Crippen LogP contribution is -2.44. The van der Waals surface area contributed by atoms with E-state index in [1.807, 2.05) is 34.6 Å². The number of allylic oxidation sites excluding steroid dienone is 4. The highest BCUT2D eigenvalue weighted by atomic mass is 19.1. The standard InChI is InChI=1S/C26H39FN2O6/c1-6-12-26(13-7-2)34-21-20(16-30)33-24(22(21)35-26)29-15-19(27)23(31)28(25(29)32)14-11-18(5)10-8-9-17(3)4/h9,11,15,20-22,24,30H,6-8,10,12-14,16H2,1-5H3/t20-,21-,22-,24-/m1/s1. The number of rotatable bonds is 11. The van der Waals surface area contributed by atoms with E-state index in [1.165, 1.54) is 5.57 Å². The van der Waals surface area contributed by atoms with Gasteiger partial charge in [-0.05, 0) is 33.6 Å². The van der Waals surface area contributed by atoms with Crippen LogP contribution in [0.2, 0.25) is 0 Å². The summed E-state index contributed by atoms with van der Waals surface area (Å²) in [6.45, 7) is 9.65. The Bertz CT molecular complexity index is 1050. The number of aliphatic hydroxyl groups excluding tert-OH is 1. The first-order valence-electron chi connectivity index (χ1n) is 12.6. The minimum atomic E-state index is -1.06. The molecule has 3 rings (SSSR count). The molecule has 0 bridgehead atoms. The van der Waals surface area contributed by atoms with Crippen LogP contribution in [0.3, 0.4) is 0 Å². The normalized spacial score (nSPS) is 25.6. The average molecular weight is 495 g/mol. The van der Waals surface area contributed by atoms with Crippen molar-refractivity contribution in [2.24, 2.45) is 0 Å². The lowest BCUT2D eigenvalue weighted by atomic mass is 10.1.